The van der Waals surface area contributed by atoms with E-state index in [1.165, 1.54) is 17.7 Å². The lowest BCUT2D eigenvalue weighted by Crippen LogP contribution is -2.12. The Kier molecular flexibility index (Phi) is 4.05. The Bertz CT molecular complexity index is 787. The third-order valence-corrected chi connectivity index (χ3v) is 4.53. The lowest BCUT2D eigenvalue weighted by atomic mass is 10.2. The summed E-state index contributed by atoms with van der Waals surface area (Å²) in [5.41, 5.74) is 1.27. The van der Waals surface area contributed by atoms with Crippen molar-refractivity contribution in [3.8, 4) is 5.69 Å². The van der Waals surface area contributed by atoms with Gasteiger partial charge in [0.1, 0.15) is 12.7 Å². The van der Waals surface area contributed by atoms with Gasteiger partial charge in [-0.2, -0.15) is 5.10 Å². The van der Waals surface area contributed by atoms with Gasteiger partial charge in [0.05, 0.1) is 20.0 Å². The fraction of sp³-hybridized carbons (Fsp3) is 0. The average Bonchev–Trinajstić information content (AvgIpc) is 3.10. The Hall–Kier alpha value is -1.70. The van der Waals surface area contributed by atoms with Gasteiger partial charge in [0.2, 0.25) is 0 Å². The third kappa shape index (κ3) is 3.15. The van der Waals surface area contributed by atoms with Crippen molar-refractivity contribution in [3.63, 3.8) is 0 Å². The molecule has 0 aliphatic heterocycles. The lowest BCUT2D eigenvalue weighted by molar-refractivity contribution is 0.103. The molecule has 0 spiro atoms. The molecule has 0 aliphatic rings. The quantitative estimate of drug-likeness (QED) is 0.744. The first kappa shape index (κ1) is 14.2. The van der Waals surface area contributed by atoms with Crippen molar-refractivity contribution in [3.05, 3.63) is 56.7 Å². The summed E-state index contributed by atoms with van der Waals surface area (Å²) in [6.45, 7) is 0. The Balaban J connectivity index is 1.94. The maximum Gasteiger partial charge on any atom is 0.265 e. The highest BCUT2D eigenvalue weighted by atomic mass is 79.9. The molecule has 0 unspecified atom stereocenters. The largest absolute Gasteiger partial charge is 0.319 e. The summed E-state index contributed by atoms with van der Waals surface area (Å²) in [7, 11) is 0. The first-order valence-electron chi connectivity index (χ1n) is 5.85. The molecule has 106 valence electrons. The standard InChI is InChI=1S/C13H8BrClN4OS/c14-12-4-3-11(21-12)13(20)18-9-5-8(15)1-2-10(9)19-7-16-6-17-19/h1-7H,(H,18,20). The number of anilines is 1. The zero-order chi connectivity index (χ0) is 14.8. The molecule has 0 atom stereocenters. The van der Waals surface area contributed by atoms with E-state index in [4.69, 9.17) is 11.6 Å². The Morgan fingerprint density at radius 3 is 2.86 bits per heavy atom. The van der Waals surface area contributed by atoms with Gasteiger partial charge in [-0.05, 0) is 46.3 Å². The van der Waals surface area contributed by atoms with Crippen LogP contribution in [0.5, 0.6) is 0 Å². The molecular weight excluding hydrogens is 376 g/mol. The van der Waals surface area contributed by atoms with Crippen LogP contribution in [0.3, 0.4) is 0 Å². The SMILES string of the molecule is O=C(Nc1cc(Cl)ccc1-n1cncn1)c1ccc(Br)s1. The van der Waals surface area contributed by atoms with E-state index in [9.17, 15) is 4.79 Å². The van der Waals surface area contributed by atoms with Crippen molar-refractivity contribution >= 4 is 50.5 Å². The average molecular weight is 384 g/mol. The number of amides is 1. The second-order valence-electron chi connectivity index (χ2n) is 4.06. The Morgan fingerprint density at radius 1 is 1.33 bits per heavy atom. The number of thiophene rings is 1. The maximum absolute atomic E-state index is 12.3. The highest BCUT2D eigenvalue weighted by Crippen LogP contribution is 2.27. The first-order valence-corrected chi connectivity index (χ1v) is 7.83. The fourth-order valence-electron chi connectivity index (χ4n) is 1.76. The summed E-state index contributed by atoms with van der Waals surface area (Å²) in [6, 6.07) is 8.77. The minimum Gasteiger partial charge on any atom is -0.319 e. The summed E-state index contributed by atoms with van der Waals surface area (Å²) in [4.78, 5) is 16.8. The van der Waals surface area contributed by atoms with Gasteiger partial charge in [-0.1, -0.05) is 11.6 Å². The van der Waals surface area contributed by atoms with Gasteiger partial charge >= 0.3 is 0 Å². The topological polar surface area (TPSA) is 59.8 Å². The van der Waals surface area contributed by atoms with Gasteiger partial charge in [-0.3, -0.25) is 4.79 Å². The molecule has 21 heavy (non-hydrogen) atoms. The molecular formula is C13H8BrClN4OS. The fourth-order valence-corrected chi connectivity index (χ4v) is 3.21. The summed E-state index contributed by atoms with van der Waals surface area (Å²) < 4.78 is 2.46. The molecule has 0 bridgehead atoms. The molecule has 0 saturated heterocycles. The minimum atomic E-state index is -0.200. The molecule has 0 radical (unpaired) electrons. The Labute approximate surface area is 137 Å². The third-order valence-electron chi connectivity index (χ3n) is 2.67. The van der Waals surface area contributed by atoms with Crippen molar-refractivity contribution < 1.29 is 4.79 Å². The summed E-state index contributed by atoms with van der Waals surface area (Å²) in [5.74, 6) is -0.200. The summed E-state index contributed by atoms with van der Waals surface area (Å²) >= 11 is 10.7. The molecule has 1 N–H and O–H groups in total. The molecule has 8 heteroatoms. The molecule has 1 amide bonds. The zero-order valence-electron chi connectivity index (χ0n) is 10.5. The van der Waals surface area contributed by atoms with Crippen LogP contribution in [0.2, 0.25) is 5.02 Å². The summed E-state index contributed by atoms with van der Waals surface area (Å²) in [5, 5.41) is 7.44. The second kappa shape index (κ2) is 5.97. The van der Waals surface area contributed by atoms with Gasteiger partial charge in [0.25, 0.3) is 5.91 Å². The van der Waals surface area contributed by atoms with E-state index >= 15 is 0 Å². The zero-order valence-corrected chi connectivity index (χ0v) is 13.6. The number of carbonyl (C=O) groups is 1. The molecule has 2 aromatic heterocycles. The monoisotopic (exact) mass is 382 g/mol. The van der Waals surface area contributed by atoms with Crippen molar-refractivity contribution in [2.45, 2.75) is 0 Å². The van der Waals surface area contributed by atoms with Crippen molar-refractivity contribution in [2.75, 3.05) is 5.32 Å². The number of rotatable bonds is 3. The van der Waals surface area contributed by atoms with Gasteiger partial charge in [0, 0.05) is 5.02 Å². The number of nitrogens with one attached hydrogen (secondary N) is 1. The number of carbonyl (C=O) groups excluding carboxylic acids is 1. The van der Waals surface area contributed by atoms with Gasteiger partial charge in [0.15, 0.2) is 0 Å². The van der Waals surface area contributed by atoms with Gasteiger partial charge in [-0.25, -0.2) is 9.67 Å². The number of benzene rings is 1. The molecule has 5 nitrogen and oxygen atoms in total. The number of nitrogens with zero attached hydrogens (tertiary/aromatic N) is 3. The summed E-state index contributed by atoms with van der Waals surface area (Å²) in [6.07, 6.45) is 2.98. The number of hydrogen-bond acceptors (Lipinski definition) is 4. The molecule has 0 fully saturated rings. The highest BCUT2D eigenvalue weighted by molar-refractivity contribution is 9.11. The van der Waals surface area contributed by atoms with Crippen LogP contribution in [0.1, 0.15) is 9.67 Å². The Morgan fingerprint density at radius 2 is 2.19 bits per heavy atom. The molecule has 0 saturated carbocycles. The van der Waals surface area contributed by atoms with Gasteiger partial charge < -0.3 is 5.32 Å². The van der Waals surface area contributed by atoms with Crippen molar-refractivity contribution in [1.29, 1.82) is 0 Å². The minimum absolute atomic E-state index is 0.200. The van der Waals surface area contributed by atoms with E-state index in [0.717, 1.165) is 3.79 Å². The smallest absolute Gasteiger partial charge is 0.265 e. The van der Waals surface area contributed by atoms with E-state index in [0.29, 0.717) is 21.3 Å². The van der Waals surface area contributed by atoms with Crippen LogP contribution in [-0.4, -0.2) is 20.7 Å². The molecule has 0 aliphatic carbocycles. The molecule has 3 rings (SSSR count). The van der Waals surface area contributed by atoms with E-state index in [2.05, 4.69) is 31.3 Å². The van der Waals surface area contributed by atoms with Crippen LogP contribution in [0, 0.1) is 0 Å². The van der Waals surface area contributed by atoms with Crippen molar-refractivity contribution in [2.24, 2.45) is 0 Å². The van der Waals surface area contributed by atoms with E-state index in [1.54, 1.807) is 35.3 Å². The molecule has 2 heterocycles. The van der Waals surface area contributed by atoms with Crippen LogP contribution < -0.4 is 5.32 Å². The number of hydrogen-bond donors (Lipinski definition) is 1. The highest BCUT2D eigenvalue weighted by Gasteiger charge is 2.13. The normalized spacial score (nSPS) is 10.6. The van der Waals surface area contributed by atoms with E-state index < -0.39 is 0 Å². The van der Waals surface area contributed by atoms with E-state index in [-0.39, 0.29) is 5.91 Å². The number of aromatic nitrogens is 3. The lowest BCUT2D eigenvalue weighted by Gasteiger charge is -2.10. The first-order chi connectivity index (χ1) is 10.1. The van der Waals surface area contributed by atoms with Crippen LogP contribution in [0.25, 0.3) is 5.69 Å². The molecule has 3 aromatic rings. The van der Waals surface area contributed by atoms with Crippen LogP contribution in [0.15, 0.2) is 46.8 Å². The number of halogens is 2. The van der Waals surface area contributed by atoms with E-state index in [1.807, 2.05) is 6.07 Å². The maximum atomic E-state index is 12.3. The van der Waals surface area contributed by atoms with Gasteiger partial charge in [-0.15, -0.1) is 11.3 Å². The predicted octanol–water partition coefficient (Wildman–Crippen LogP) is 4.00. The van der Waals surface area contributed by atoms with Crippen LogP contribution >= 0.6 is 38.9 Å². The van der Waals surface area contributed by atoms with Crippen LogP contribution in [-0.2, 0) is 0 Å². The predicted molar refractivity (Wildman–Crippen MR) is 86.3 cm³/mol. The second-order valence-corrected chi connectivity index (χ2v) is 6.96. The van der Waals surface area contributed by atoms with Crippen LogP contribution in [0.4, 0.5) is 5.69 Å². The van der Waals surface area contributed by atoms with Crippen molar-refractivity contribution in [1.82, 2.24) is 14.8 Å². The molecule has 1 aromatic carbocycles.